The average Bonchev–Trinajstić information content (AvgIpc) is 2.49. The summed E-state index contributed by atoms with van der Waals surface area (Å²) in [5, 5.41) is 0. The third kappa shape index (κ3) is 3.23. The van der Waals surface area contributed by atoms with Gasteiger partial charge in [-0.05, 0) is 54.9 Å². The summed E-state index contributed by atoms with van der Waals surface area (Å²) in [6.45, 7) is 0.747. The van der Waals surface area contributed by atoms with Crippen LogP contribution < -0.4 is 0 Å². The van der Waals surface area contributed by atoms with Gasteiger partial charge in [0, 0.05) is 31.3 Å². The molecule has 2 aliphatic heterocycles. The molecule has 108 valence electrons. The third-order valence-corrected chi connectivity index (χ3v) is 5.47. The van der Waals surface area contributed by atoms with Gasteiger partial charge in [0.2, 0.25) is 0 Å². The number of hydrogen-bond acceptors (Lipinski definition) is 4. The molecule has 3 nitrogen and oxygen atoms in total. The predicted molar refractivity (Wildman–Crippen MR) is 80.9 cm³/mol. The molecule has 0 aliphatic carbocycles. The molecule has 0 amide bonds. The predicted octanol–water partition coefficient (Wildman–Crippen LogP) is 2.89. The fraction of sp³-hybridized carbons (Fsp3) is 0.625. The summed E-state index contributed by atoms with van der Waals surface area (Å²) in [5.41, 5.74) is 1.08. The first-order chi connectivity index (χ1) is 9.77. The van der Waals surface area contributed by atoms with Gasteiger partial charge in [0.25, 0.3) is 0 Å². The number of rotatable bonds is 3. The van der Waals surface area contributed by atoms with E-state index in [-0.39, 0.29) is 11.5 Å². The van der Waals surface area contributed by atoms with E-state index >= 15 is 0 Å². The van der Waals surface area contributed by atoms with Crippen LogP contribution in [0.5, 0.6) is 0 Å². The molecule has 0 bridgehead atoms. The summed E-state index contributed by atoms with van der Waals surface area (Å²) in [4.78, 5) is 16.5. The molecule has 2 fully saturated rings. The van der Waals surface area contributed by atoms with Crippen molar-refractivity contribution < 1.29 is 9.53 Å². The normalized spacial score (nSPS) is 25.5. The van der Waals surface area contributed by atoms with Crippen LogP contribution in [-0.2, 0) is 16.0 Å². The van der Waals surface area contributed by atoms with Crippen LogP contribution in [0, 0.1) is 5.92 Å². The van der Waals surface area contributed by atoms with Crippen molar-refractivity contribution in [2.45, 2.75) is 37.7 Å². The van der Waals surface area contributed by atoms with Gasteiger partial charge in [-0.15, -0.1) is 0 Å². The molecule has 1 atom stereocenters. The number of Topliss-reactive ketones (excluding diaryl/α,β-unsaturated/α-hetero) is 1. The summed E-state index contributed by atoms with van der Waals surface area (Å²) >= 11 is 2.00. The van der Waals surface area contributed by atoms with E-state index in [0.717, 1.165) is 37.9 Å². The molecule has 0 aromatic carbocycles. The van der Waals surface area contributed by atoms with Crippen LogP contribution in [-0.4, -0.2) is 34.5 Å². The molecule has 2 saturated heterocycles. The van der Waals surface area contributed by atoms with Crippen LogP contribution in [0.2, 0.25) is 0 Å². The Hall–Kier alpha value is -0.870. The lowest BCUT2D eigenvalue weighted by Crippen LogP contribution is -2.44. The fourth-order valence-electron chi connectivity index (χ4n) is 3.24. The van der Waals surface area contributed by atoms with E-state index in [0.29, 0.717) is 12.2 Å². The standard InChI is InChI=1S/C16H21NO2S/c18-15(11-13-1-6-17-7-2-13)14-3-8-19-16(12-14)4-9-20-10-5-16/h1-2,6-7,14H,3-5,8-12H2. The van der Waals surface area contributed by atoms with Crippen LogP contribution in [0.1, 0.15) is 31.2 Å². The minimum absolute atomic E-state index is 0.00205. The number of thioether (sulfide) groups is 1. The quantitative estimate of drug-likeness (QED) is 0.858. The summed E-state index contributed by atoms with van der Waals surface area (Å²) in [6.07, 6.45) is 8.08. The highest BCUT2D eigenvalue weighted by atomic mass is 32.2. The van der Waals surface area contributed by atoms with Crippen LogP contribution >= 0.6 is 11.8 Å². The topological polar surface area (TPSA) is 39.2 Å². The van der Waals surface area contributed by atoms with Crippen LogP contribution in [0.4, 0.5) is 0 Å². The Morgan fingerprint density at radius 3 is 2.85 bits per heavy atom. The monoisotopic (exact) mass is 291 g/mol. The lowest BCUT2D eigenvalue weighted by Gasteiger charge is -2.43. The number of carbonyl (C=O) groups is 1. The minimum Gasteiger partial charge on any atom is -0.375 e. The number of nitrogens with zero attached hydrogens (tertiary/aromatic N) is 1. The van der Waals surface area contributed by atoms with Crippen molar-refractivity contribution >= 4 is 17.5 Å². The molecule has 1 aromatic rings. The second-order valence-corrected chi connectivity index (χ2v) is 7.06. The molecule has 1 unspecified atom stereocenters. The van der Waals surface area contributed by atoms with Gasteiger partial charge in [-0.1, -0.05) is 0 Å². The molecule has 0 saturated carbocycles. The van der Waals surface area contributed by atoms with Crippen molar-refractivity contribution in [2.75, 3.05) is 18.1 Å². The molecular formula is C16H21NO2S. The molecule has 1 spiro atoms. The van der Waals surface area contributed by atoms with E-state index in [1.807, 2.05) is 23.9 Å². The van der Waals surface area contributed by atoms with Crippen molar-refractivity contribution in [1.29, 1.82) is 0 Å². The van der Waals surface area contributed by atoms with Crippen molar-refractivity contribution in [3.05, 3.63) is 30.1 Å². The van der Waals surface area contributed by atoms with E-state index in [9.17, 15) is 4.79 Å². The number of carbonyl (C=O) groups excluding carboxylic acids is 1. The Balaban J connectivity index is 1.63. The molecule has 0 N–H and O–H groups in total. The van der Waals surface area contributed by atoms with Gasteiger partial charge in [0.15, 0.2) is 0 Å². The second-order valence-electron chi connectivity index (χ2n) is 5.83. The number of ketones is 1. The Morgan fingerprint density at radius 1 is 1.35 bits per heavy atom. The van der Waals surface area contributed by atoms with Crippen molar-refractivity contribution in [3.63, 3.8) is 0 Å². The van der Waals surface area contributed by atoms with Gasteiger partial charge in [-0.25, -0.2) is 0 Å². The lowest BCUT2D eigenvalue weighted by molar-refractivity contribution is -0.137. The third-order valence-electron chi connectivity index (χ3n) is 4.48. The van der Waals surface area contributed by atoms with Crippen molar-refractivity contribution in [3.8, 4) is 0 Å². The smallest absolute Gasteiger partial charge is 0.140 e. The van der Waals surface area contributed by atoms with E-state index in [4.69, 9.17) is 4.74 Å². The Kier molecular flexibility index (Phi) is 4.41. The largest absolute Gasteiger partial charge is 0.375 e. The van der Waals surface area contributed by atoms with Crippen LogP contribution in [0.3, 0.4) is 0 Å². The lowest BCUT2D eigenvalue weighted by atomic mass is 9.79. The Bertz CT molecular complexity index is 451. The van der Waals surface area contributed by atoms with Crippen LogP contribution in [0.15, 0.2) is 24.5 Å². The maximum absolute atomic E-state index is 12.5. The summed E-state index contributed by atoms with van der Waals surface area (Å²) < 4.78 is 6.06. The van der Waals surface area contributed by atoms with Crippen molar-refractivity contribution in [1.82, 2.24) is 4.98 Å². The molecule has 1 aromatic heterocycles. The summed E-state index contributed by atoms with van der Waals surface area (Å²) in [7, 11) is 0. The first-order valence-corrected chi connectivity index (χ1v) is 8.56. The zero-order chi connectivity index (χ0) is 13.8. The van der Waals surface area contributed by atoms with Gasteiger partial charge in [0.05, 0.1) is 5.60 Å². The maximum Gasteiger partial charge on any atom is 0.140 e. The first kappa shape index (κ1) is 14.1. The zero-order valence-corrected chi connectivity index (χ0v) is 12.5. The SMILES string of the molecule is O=C(Cc1ccncc1)C1CCOC2(CCSCC2)C1. The highest BCUT2D eigenvalue weighted by Crippen LogP contribution is 2.40. The maximum atomic E-state index is 12.5. The van der Waals surface area contributed by atoms with E-state index < -0.39 is 0 Å². The van der Waals surface area contributed by atoms with E-state index in [2.05, 4.69) is 4.98 Å². The number of pyridine rings is 1. The van der Waals surface area contributed by atoms with Crippen LogP contribution in [0.25, 0.3) is 0 Å². The summed E-state index contributed by atoms with van der Waals surface area (Å²) in [6, 6.07) is 3.87. The molecule has 20 heavy (non-hydrogen) atoms. The van der Waals surface area contributed by atoms with Gasteiger partial charge in [-0.2, -0.15) is 11.8 Å². The first-order valence-electron chi connectivity index (χ1n) is 7.41. The molecule has 0 radical (unpaired) electrons. The van der Waals surface area contributed by atoms with Gasteiger partial charge >= 0.3 is 0 Å². The minimum atomic E-state index is 0.00205. The Labute approximate surface area is 124 Å². The molecule has 3 rings (SSSR count). The highest BCUT2D eigenvalue weighted by molar-refractivity contribution is 7.99. The zero-order valence-electron chi connectivity index (χ0n) is 11.7. The van der Waals surface area contributed by atoms with Gasteiger partial charge in [-0.3, -0.25) is 9.78 Å². The van der Waals surface area contributed by atoms with Gasteiger partial charge in [0.1, 0.15) is 5.78 Å². The number of hydrogen-bond donors (Lipinski definition) is 0. The van der Waals surface area contributed by atoms with E-state index in [1.165, 1.54) is 11.5 Å². The molecule has 4 heteroatoms. The summed E-state index contributed by atoms with van der Waals surface area (Å²) in [5.74, 6) is 2.90. The second kappa shape index (κ2) is 6.27. The molecule has 3 heterocycles. The van der Waals surface area contributed by atoms with E-state index in [1.54, 1.807) is 12.4 Å². The fourth-order valence-corrected chi connectivity index (χ4v) is 4.48. The van der Waals surface area contributed by atoms with Crippen molar-refractivity contribution in [2.24, 2.45) is 5.92 Å². The molecule has 2 aliphatic rings. The highest BCUT2D eigenvalue weighted by Gasteiger charge is 2.40. The van der Waals surface area contributed by atoms with Gasteiger partial charge < -0.3 is 4.74 Å². The average molecular weight is 291 g/mol. The number of aromatic nitrogens is 1. The number of ether oxygens (including phenoxy) is 1. The molecular weight excluding hydrogens is 270 g/mol. The Morgan fingerprint density at radius 2 is 2.10 bits per heavy atom.